The molecule has 0 aliphatic carbocycles. The first-order valence-electron chi connectivity index (χ1n) is 8.88. The van der Waals surface area contributed by atoms with Crippen molar-refractivity contribution in [2.45, 2.75) is 32.6 Å². The molecule has 2 aliphatic rings. The Labute approximate surface area is 147 Å². The minimum absolute atomic E-state index is 0.138. The lowest BCUT2D eigenvalue weighted by atomic mass is 9.97. The van der Waals surface area contributed by atoms with Crippen LogP contribution in [0.1, 0.15) is 31.2 Å². The number of hydrogen-bond donors (Lipinski definition) is 2. The van der Waals surface area contributed by atoms with Crippen molar-refractivity contribution in [2.24, 2.45) is 23.3 Å². The van der Waals surface area contributed by atoms with Crippen molar-refractivity contribution in [1.82, 2.24) is 9.97 Å². The Morgan fingerprint density at radius 2 is 1.60 bits per heavy atom. The van der Waals surface area contributed by atoms with Gasteiger partial charge in [0, 0.05) is 37.9 Å². The highest BCUT2D eigenvalue weighted by atomic mass is 16.1. The zero-order chi connectivity index (χ0) is 18.0. The van der Waals surface area contributed by atoms with Crippen molar-refractivity contribution in [3.05, 3.63) is 11.8 Å². The van der Waals surface area contributed by atoms with Gasteiger partial charge < -0.3 is 21.3 Å². The summed E-state index contributed by atoms with van der Waals surface area (Å²) in [4.78, 5) is 36.4. The van der Waals surface area contributed by atoms with E-state index in [0.29, 0.717) is 19.0 Å². The summed E-state index contributed by atoms with van der Waals surface area (Å²) in [6, 6.07) is 0. The summed E-state index contributed by atoms with van der Waals surface area (Å²) in [5.41, 5.74) is 11.9. The lowest BCUT2D eigenvalue weighted by Gasteiger charge is -2.35. The van der Waals surface area contributed by atoms with Crippen molar-refractivity contribution in [3.63, 3.8) is 0 Å². The molecule has 0 unspecified atom stereocenters. The van der Waals surface area contributed by atoms with Crippen molar-refractivity contribution < 1.29 is 9.59 Å². The second kappa shape index (κ2) is 7.25. The minimum atomic E-state index is -0.266. The molecule has 4 N–H and O–H groups in total. The first-order chi connectivity index (χ1) is 12.0. The van der Waals surface area contributed by atoms with Gasteiger partial charge in [-0.25, -0.2) is 4.98 Å². The molecule has 0 radical (unpaired) electrons. The van der Waals surface area contributed by atoms with Crippen LogP contribution in [0.2, 0.25) is 0 Å². The van der Waals surface area contributed by atoms with E-state index in [9.17, 15) is 9.59 Å². The summed E-state index contributed by atoms with van der Waals surface area (Å²) in [6.07, 6.45) is 5.26. The quantitative estimate of drug-likeness (QED) is 0.803. The maximum Gasteiger partial charge on any atom is 0.227 e. The summed E-state index contributed by atoms with van der Waals surface area (Å²) in [7, 11) is 0. The third-order valence-corrected chi connectivity index (χ3v) is 5.16. The van der Waals surface area contributed by atoms with Gasteiger partial charge in [0.15, 0.2) is 0 Å². The normalized spacial score (nSPS) is 24.2. The van der Waals surface area contributed by atoms with Crippen molar-refractivity contribution in [3.8, 4) is 0 Å². The van der Waals surface area contributed by atoms with Crippen LogP contribution in [-0.4, -0.2) is 48.0 Å². The second-order valence-corrected chi connectivity index (χ2v) is 7.05. The number of rotatable bonds is 4. The number of anilines is 2. The molecule has 3 rings (SSSR count). The molecule has 0 spiro atoms. The largest absolute Gasteiger partial charge is 0.369 e. The van der Waals surface area contributed by atoms with E-state index in [1.54, 1.807) is 6.20 Å². The number of nitrogens with zero attached hydrogens (tertiary/aromatic N) is 4. The van der Waals surface area contributed by atoms with Crippen LogP contribution in [0.25, 0.3) is 0 Å². The Morgan fingerprint density at radius 1 is 1.04 bits per heavy atom. The van der Waals surface area contributed by atoms with E-state index >= 15 is 0 Å². The molecule has 8 heteroatoms. The van der Waals surface area contributed by atoms with Gasteiger partial charge in [0.05, 0.1) is 11.8 Å². The molecule has 0 saturated carbocycles. The first kappa shape index (κ1) is 17.4. The minimum Gasteiger partial charge on any atom is -0.369 e. The summed E-state index contributed by atoms with van der Waals surface area (Å²) >= 11 is 0. The lowest BCUT2D eigenvalue weighted by Crippen LogP contribution is -2.43. The fourth-order valence-electron chi connectivity index (χ4n) is 3.69. The zero-order valence-corrected chi connectivity index (χ0v) is 14.6. The third kappa shape index (κ3) is 3.83. The van der Waals surface area contributed by atoms with Gasteiger partial charge in [0.25, 0.3) is 0 Å². The van der Waals surface area contributed by atoms with Crippen molar-refractivity contribution >= 4 is 23.6 Å². The summed E-state index contributed by atoms with van der Waals surface area (Å²) in [6.45, 7) is 4.79. The fraction of sp³-hybridized carbons (Fsp3) is 0.647. The Kier molecular flexibility index (Phi) is 5.06. The predicted octanol–water partition coefficient (Wildman–Crippen LogP) is 0.188. The molecule has 1 aromatic rings. The Morgan fingerprint density at radius 3 is 2.20 bits per heavy atom. The third-order valence-electron chi connectivity index (χ3n) is 5.16. The van der Waals surface area contributed by atoms with Crippen LogP contribution in [0.5, 0.6) is 0 Å². The van der Waals surface area contributed by atoms with Crippen LogP contribution < -0.4 is 21.3 Å². The number of carbonyl (C=O) groups is 2. The van der Waals surface area contributed by atoms with Crippen LogP contribution in [0.3, 0.4) is 0 Å². The maximum absolute atomic E-state index is 11.5. The van der Waals surface area contributed by atoms with E-state index in [1.165, 1.54) is 0 Å². The molecule has 2 saturated heterocycles. The summed E-state index contributed by atoms with van der Waals surface area (Å²) < 4.78 is 0. The number of amides is 2. The molecule has 8 nitrogen and oxygen atoms in total. The zero-order valence-electron chi connectivity index (χ0n) is 14.6. The fourth-order valence-corrected chi connectivity index (χ4v) is 3.69. The molecule has 0 bridgehead atoms. The lowest BCUT2D eigenvalue weighted by molar-refractivity contribution is -0.122. The standard InChI is InChI=1S/C17H26N6O2/c1-11-8-20-17(23-7-3-5-13(10-23)15(19)25)21-16(11)22-6-2-4-12(9-22)14(18)24/h8,12-13H,2-7,9-10H2,1H3,(H2,18,24)(H2,19,25)/t12-,13-/m0/s1. The maximum atomic E-state index is 11.5. The molecule has 1 aromatic heterocycles. The number of carbonyl (C=O) groups excluding carboxylic acids is 2. The van der Waals surface area contributed by atoms with Crippen LogP contribution in [-0.2, 0) is 9.59 Å². The van der Waals surface area contributed by atoms with Crippen LogP contribution in [0.15, 0.2) is 6.20 Å². The molecule has 25 heavy (non-hydrogen) atoms. The van der Waals surface area contributed by atoms with E-state index in [4.69, 9.17) is 16.5 Å². The van der Waals surface area contributed by atoms with E-state index < -0.39 is 0 Å². The van der Waals surface area contributed by atoms with Gasteiger partial charge in [-0.15, -0.1) is 0 Å². The van der Waals surface area contributed by atoms with Crippen molar-refractivity contribution in [1.29, 1.82) is 0 Å². The highest BCUT2D eigenvalue weighted by Gasteiger charge is 2.28. The molecule has 2 aliphatic heterocycles. The van der Waals surface area contributed by atoms with Gasteiger partial charge in [0.2, 0.25) is 17.8 Å². The molecule has 3 heterocycles. The van der Waals surface area contributed by atoms with Crippen LogP contribution in [0.4, 0.5) is 11.8 Å². The average molecular weight is 346 g/mol. The second-order valence-electron chi connectivity index (χ2n) is 7.05. The number of aryl methyl sites for hydroxylation is 1. The predicted molar refractivity (Wildman–Crippen MR) is 95.0 cm³/mol. The van der Waals surface area contributed by atoms with Crippen LogP contribution in [0, 0.1) is 18.8 Å². The van der Waals surface area contributed by atoms with Gasteiger partial charge in [-0.3, -0.25) is 9.59 Å². The number of aromatic nitrogens is 2. The van der Waals surface area contributed by atoms with Gasteiger partial charge >= 0.3 is 0 Å². The molecule has 2 fully saturated rings. The van der Waals surface area contributed by atoms with Crippen molar-refractivity contribution in [2.75, 3.05) is 36.0 Å². The van der Waals surface area contributed by atoms with E-state index in [2.05, 4.69) is 9.88 Å². The molecule has 2 atom stereocenters. The monoisotopic (exact) mass is 346 g/mol. The summed E-state index contributed by atoms with van der Waals surface area (Å²) in [5.74, 6) is 0.649. The number of primary amides is 2. The molecule has 0 aromatic carbocycles. The topological polar surface area (TPSA) is 118 Å². The Balaban J connectivity index is 1.80. The van der Waals surface area contributed by atoms with Crippen LogP contribution >= 0.6 is 0 Å². The van der Waals surface area contributed by atoms with Gasteiger partial charge in [0.1, 0.15) is 5.82 Å². The number of nitrogens with two attached hydrogens (primary N) is 2. The van der Waals surface area contributed by atoms with Gasteiger partial charge in [-0.05, 0) is 32.6 Å². The highest BCUT2D eigenvalue weighted by Crippen LogP contribution is 2.27. The summed E-state index contributed by atoms with van der Waals surface area (Å²) in [5, 5.41) is 0. The Bertz CT molecular complexity index is 665. The first-order valence-corrected chi connectivity index (χ1v) is 8.88. The van der Waals surface area contributed by atoms with Gasteiger partial charge in [-0.2, -0.15) is 4.98 Å². The van der Waals surface area contributed by atoms with E-state index in [0.717, 1.165) is 50.2 Å². The highest BCUT2D eigenvalue weighted by molar-refractivity contribution is 5.78. The smallest absolute Gasteiger partial charge is 0.227 e. The molecule has 2 amide bonds. The van der Waals surface area contributed by atoms with E-state index in [1.807, 2.05) is 11.8 Å². The van der Waals surface area contributed by atoms with Gasteiger partial charge in [-0.1, -0.05) is 0 Å². The van der Waals surface area contributed by atoms with E-state index in [-0.39, 0.29) is 23.7 Å². The Hall–Kier alpha value is -2.38. The number of piperidine rings is 2. The average Bonchev–Trinajstić information content (AvgIpc) is 2.62. The molecular weight excluding hydrogens is 320 g/mol. The number of hydrogen-bond acceptors (Lipinski definition) is 6. The SMILES string of the molecule is Cc1cnc(N2CCC[C@H](C(N)=O)C2)nc1N1CCC[C@H](C(N)=O)C1. The molecular formula is C17H26N6O2. The molecule has 136 valence electrons.